The average Bonchev–Trinajstić information content (AvgIpc) is 2.64. The Labute approximate surface area is 157 Å². The monoisotopic (exact) mass is 383 g/mol. The number of non-ortho nitro benzene ring substituents is 1. The van der Waals surface area contributed by atoms with Crippen LogP contribution in [0.3, 0.4) is 0 Å². The van der Waals surface area contributed by atoms with Crippen LogP contribution in [-0.2, 0) is 0 Å². The summed E-state index contributed by atoms with van der Waals surface area (Å²) in [5.74, 6) is 0. The number of rotatable bonds is 5. The number of nitro groups is 1. The summed E-state index contributed by atoms with van der Waals surface area (Å²) in [5, 5.41) is 12.9. The number of hydrogen-bond donors (Lipinski definition) is 2. The maximum atomic E-state index is 10.8. The van der Waals surface area contributed by atoms with Gasteiger partial charge in [-0.3, -0.25) is 10.1 Å². The van der Waals surface area contributed by atoms with Crippen LogP contribution >= 0.6 is 20.3 Å². The SMILES string of the molecule is Nc1ccc(SS(=Cc2ccc([N+](=O)[O-])cc2)c2ccc(N)cc2)cc1. The van der Waals surface area contributed by atoms with E-state index in [0.717, 1.165) is 21.0 Å². The molecule has 3 aromatic rings. The quantitative estimate of drug-likeness (QED) is 0.214. The van der Waals surface area contributed by atoms with Crippen LogP contribution in [0.1, 0.15) is 5.56 Å². The zero-order valence-electron chi connectivity index (χ0n) is 13.7. The number of anilines is 2. The molecule has 0 aliphatic rings. The van der Waals surface area contributed by atoms with Crippen molar-refractivity contribution in [2.75, 3.05) is 11.5 Å². The van der Waals surface area contributed by atoms with Crippen LogP contribution in [0.4, 0.5) is 17.1 Å². The number of nitrogen functional groups attached to an aromatic ring is 2. The molecule has 0 saturated carbocycles. The van der Waals surface area contributed by atoms with Gasteiger partial charge in [-0.1, -0.05) is 20.3 Å². The molecular formula is C19H17N3O2S2. The molecule has 0 amide bonds. The highest BCUT2D eigenvalue weighted by molar-refractivity contribution is 8.83. The van der Waals surface area contributed by atoms with Crippen LogP contribution < -0.4 is 11.5 Å². The van der Waals surface area contributed by atoms with Crippen molar-refractivity contribution in [2.24, 2.45) is 0 Å². The van der Waals surface area contributed by atoms with E-state index in [1.54, 1.807) is 22.9 Å². The van der Waals surface area contributed by atoms with Crippen LogP contribution in [-0.4, -0.2) is 10.3 Å². The highest BCUT2D eigenvalue weighted by Gasteiger charge is 2.06. The van der Waals surface area contributed by atoms with Crippen molar-refractivity contribution >= 4 is 42.7 Å². The lowest BCUT2D eigenvalue weighted by atomic mass is 10.2. The first-order chi connectivity index (χ1) is 12.5. The molecule has 3 aromatic carbocycles. The van der Waals surface area contributed by atoms with E-state index in [4.69, 9.17) is 11.5 Å². The Bertz CT molecular complexity index is 938. The fourth-order valence-corrected chi connectivity index (χ4v) is 5.77. The molecule has 7 heteroatoms. The first-order valence-corrected chi connectivity index (χ1v) is 10.4. The van der Waals surface area contributed by atoms with E-state index >= 15 is 0 Å². The molecule has 1 atom stereocenters. The molecule has 1 unspecified atom stereocenters. The molecule has 3 rings (SSSR count). The summed E-state index contributed by atoms with van der Waals surface area (Å²) in [6.07, 6.45) is 0. The van der Waals surface area contributed by atoms with Gasteiger partial charge < -0.3 is 11.5 Å². The van der Waals surface area contributed by atoms with Gasteiger partial charge in [0, 0.05) is 33.3 Å². The van der Waals surface area contributed by atoms with Gasteiger partial charge in [-0.25, -0.2) is 0 Å². The van der Waals surface area contributed by atoms with Crippen LogP contribution in [0.25, 0.3) is 0 Å². The van der Waals surface area contributed by atoms with Crippen LogP contribution in [0.15, 0.2) is 82.6 Å². The number of nitrogens with two attached hydrogens (primary N) is 2. The van der Waals surface area contributed by atoms with Gasteiger partial charge in [-0.2, -0.15) is 0 Å². The summed E-state index contributed by atoms with van der Waals surface area (Å²) < 4.78 is 0. The Kier molecular flexibility index (Phi) is 5.60. The van der Waals surface area contributed by atoms with E-state index in [9.17, 15) is 10.1 Å². The van der Waals surface area contributed by atoms with E-state index in [0.29, 0.717) is 5.69 Å². The topological polar surface area (TPSA) is 95.2 Å². The Balaban J connectivity index is 1.97. The Morgan fingerprint density at radius 1 is 0.846 bits per heavy atom. The predicted octanol–water partition coefficient (Wildman–Crippen LogP) is 4.94. The van der Waals surface area contributed by atoms with Gasteiger partial charge in [-0.05, 0) is 71.6 Å². The molecule has 5 nitrogen and oxygen atoms in total. The molecule has 0 saturated heterocycles. The summed E-state index contributed by atoms with van der Waals surface area (Å²) in [5.41, 5.74) is 14.0. The summed E-state index contributed by atoms with van der Waals surface area (Å²) in [6.45, 7) is 0. The number of benzene rings is 3. The maximum absolute atomic E-state index is 10.8. The van der Waals surface area contributed by atoms with Crippen molar-refractivity contribution in [2.45, 2.75) is 9.79 Å². The summed E-state index contributed by atoms with van der Waals surface area (Å²) >= 11 is 0. The van der Waals surface area contributed by atoms with Crippen LogP contribution in [0.5, 0.6) is 0 Å². The minimum atomic E-state index is -0.396. The molecule has 0 heterocycles. The molecule has 0 aliphatic carbocycles. The highest BCUT2D eigenvalue weighted by Crippen LogP contribution is 2.44. The maximum Gasteiger partial charge on any atom is 0.269 e. The normalized spacial score (nSPS) is 12.0. The molecule has 0 aromatic heterocycles. The van der Waals surface area contributed by atoms with Gasteiger partial charge in [0.15, 0.2) is 0 Å². The molecular weight excluding hydrogens is 366 g/mol. The van der Waals surface area contributed by atoms with Gasteiger partial charge in [0.05, 0.1) is 4.92 Å². The van der Waals surface area contributed by atoms with Crippen molar-refractivity contribution in [3.63, 3.8) is 0 Å². The third kappa shape index (κ3) is 4.65. The summed E-state index contributed by atoms with van der Waals surface area (Å²) in [7, 11) is 1.41. The second-order valence-electron chi connectivity index (χ2n) is 5.49. The second kappa shape index (κ2) is 8.07. The molecule has 0 bridgehead atoms. The fraction of sp³-hybridized carbons (Fsp3) is 0. The van der Waals surface area contributed by atoms with Crippen LogP contribution in [0.2, 0.25) is 0 Å². The molecule has 4 N–H and O–H groups in total. The third-order valence-electron chi connectivity index (χ3n) is 3.53. The van der Waals surface area contributed by atoms with Gasteiger partial charge >= 0.3 is 0 Å². The van der Waals surface area contributed by atoms with Crippen molar-refractivity contribution in [1.82, 2.24) is 0 Å². The minimum Gasteiger partial charge on any atom is -0.399 e. The second-order valence-corrected chi connectivity index (χ2v) is 9.00. The lowest BCUT2D eigenvalue weighted by Gasteiger charge is -2.10. The molecule has 26 heavy (non-hydrogen) atoms. The zero-order valence-corrected chi connectivity index (χ0v) is 15.4. The third-order valence-corrected chi connectivity index (χ3v) is 7.37. The standard InChI is InChI=1S/C19H17N3O2S2/c20-15-3-9-18(10-4-15)25-26(19-11-5-16(21)6-12-19)13-14-1-7-17(8-2-14)22(23)24/h1-13H,20-21H2. The lowest BCUT2D eigenvalue weighted by molar-refractivity contribution is -0.384. The van der Waals surface area contributed by atoms with Crippen molar-refractivity contribution in [1.29, 1.82) is 0 Å². The first-order valence-electron chi connectivity index (χ1n) is 7.73. The molecule has 0 radical (unpaired) electrons. The number of hydrogen-bond acceptors (Lipinski definition) is 5. The number of nitrogens with zero attached hydrogens (tertiary/aromatic N) is 1. The fourth-order valence-electron chi connectivity index (χ4n) is 2.17. The molecule has 0 spiro atoms. The smallest absolute Gasteiger partial charge is 0.269 e. The van der Waals surface area contributed by atoms with E-state index in [2.05, 4.69) is 5.37 Å². The van der Waals surface area contributed by atoms with Crippen molar-refractivity contribution in [3.05, 3.63) is 88.5 Å². The van der Waals surface area contributed by atoms with Gasteiger partial charge in [0.1, 0.15) is 0 Å². The van der Waals surface area contributed by atoms with E-state index in [-0.39, 0.29) is 15.2 Å². The zero-order chi connectivity index (χ0) is 18.5. The van der Waals surface area contributed by atoms with Crippen molar-refractivity contribution in [3.8, 4) is 0 Å². The van der Waals surface area contributed by atoms with E-state index in [1.807, 2.05) is 48.5 Å². The Morgan fingerprint density at radius 2 is 1.38 bits per heavy atom. The molecule has 0 fully saturated rings. The predicted molar refractivity (Wildman–Crippen MR) is 112 cm³/mol. The van der Waals surface area contributed by atoms with Gasteiger partial charge in [0.25, 0.3) is 5.69 Å². The Hall–Kier alpha value is -2.77. The Morgan fingerprint density at radius 3 is 1.92 bits per heavy atom. The van der Waals surface area contributed by atoms with Gasteiger partial charge in [0.2, 0.25) is 0 Å². The number of nitro benzene ring substituents is 1. The largest absolute Gasteiger partial charge is 0.399 e. The lowest BCUT2D eigenvalue weighted by Crippen LogP contribution is -1.89. The minimum absolute atomic E-state index is 0.0840. The average molecular weight is 383 g/mol. The van der Waals surface area contributed by atoms with Crippen LogP contribution in [0, 0.1) is 10.1 Å². The van der Waals surface area contributed by atoms with Crippen molar-refractivity contribution < 1.29 is 4.92 Å². The van der Waals surface area contributed by atoms with E-state index < -0.39 is 4.92 Å². The first kappa shape index (κ1) is 18.0. The van der Waals surface area contributed by atoms with E-state index in [1.165, 1.54) is 12.1 Å². The van der Waals surface area contributed by atoms with Gasteiger partial charge in [-0.15, -0.1) is 0 Å². The highest BCUT2D eigenvalue weighted by atomic mass is 33.1. The molecule has 132 valence electrons. The summed E-state index contributed by atoms with van der Waals surface area (Å²) in [6, 6.07) is 22.0. The summed E-state index contributed by atoms with van der Waals surface area (Å²) in [4.78, 5) is 12.7. The molecule has 0 aliphatic heterocycles.